The van der Waals surface area contributed by atoms with Crippen LogP contribution in [0.2, 0.25) is 0 Å². The molecular weight excluding hydrogens is 937 g/mol. The van der Waals surface area contributed by atoms with Gasteiger partial charge >= 0.3 is 17.9 Å². The molecule has 0 bridgehead atoms. The van der Waals surface area contributed by atoms with Crippen molar-refractivity contribution >= 4 is 17.9 Å². The molecule has 6 nitrogen and oxygen atoms in total. The molecule has 0 aromatic rings. The zero-order chi connectivity index (χ0) is 55.0. The van der Waals surface area contributed by atoms with Crippen LogP contribution in [0.25, 0.3) is 0 Å². The van der Waals surface area contributed by atoms with Gasteiger partial charge in [-0.1, -0.05) is 258 Å². The molecule has 0 fully saturated rings. The van der Waals surface area contributed by atoms with Crippen molar-refractivity contribution in [1.29, 1.82) is 0 Å². The average molecular weight is 1050 g/mol. The summed E-state index contributed by atoms with van der Waals surface area (Å²) < 4.78 is 16.9. The molecule has 0 N–H and O–H groups in total. The Hall–Kier alpha value is -4.19. The second-order valence-corrected chi connectivity index (χ2v) is 20.6. The van der Waals surface area contributed by atoms with E-state index in [1.165, 1.54) is 96.3 Å². The Morgan fingerprint density at radius 1 is 0.276 bits per heavy atom. The van der Waals surface area contributed by atoms with Crippen LogP contribution in [0.15, 0.2) is 122 Å². The average Bonchev–Trinajstić information content (AvgIpc) is 3.42. The maximum absolute atomic E-state index is 12.9. The Labute approximate surface area is 469 Å². The van der Waals surface area contributed by atoms with Gasteiger partial charge in [-0.15, -0.1) is 0 Å². The van der Waals surface area contributed by atoms with Gasteiger partial charge in [0.15, 0.2) is 6.10 Å². The fraction of sp³-hybridized carbons (Fsp3) is 0.671. The summed E-state index contributed by atoms with van der Waals surface area (Å²) in [6, 6.07) is 0. The summed E-state index contributed by atoms with van der Waals surface area (Å²) in [4.78, 5) is 38.3. The molecule has 0 aliphatic heterocycles. The first-order chi connectivity index (χ1) is 37.5. The van der Waals surface area contributed by atoms with Crippen LogP contribution in [-0.2, 0) is 28.6 Å². The molecule has 0 spiro atoms. The fourth-order valence-electron chi connectivity index (χ4n) is 8.46. The van der Waals surface area contributed by atoms with Gasteiger partial charge in [-0.05, 0) is 128 Å². The molecule has 0 rings (SSSR count). The molecule has 76 heavy (non-hydrogen) atoms. The van der Waals surface area contributed by atoms with Gasteiger partial charge in [-0.2, -0.15) is 0 Å². The SMILES string of the molecule is CC/C=C\C/C=C\C/C=C\C/C=C\C/C=C\C/C=C\CCCCCCCCCCC(=O)OCC(COC(=O)CCCCCCC/C=C\C/C=C\CCC)OC(=O)CCCCCCCCC/C=C\C/C=C\CCCCCC. The van der Waals surface area contributed by atoms with E-state index in [2.05, 4.69) is 142 Å². The van der Waals surface area contributed by atoms with Gasteiger partial charge in [0.05, 0.1) is 0 Å². The number of unbranched alkanes of at least 4 members (excludes halogenated alkanes) is 25. The summed E-state index contributed by atoms with van der Waals surface area (Å²) in [5.41, 5.74) is 0. The van der Waals surface area contributed by atoms with E-state index in [4.69, 9.17) is 14.2 Å². The summed E-state index contributed by atoms with van der Waals surface area (Å²) in [6.45, 7) is 6.43. The highest BCUT2D eigenvalue weighted by atomic mass is 16.6. The van der Waals surface area contributed by atoms with Crippen molar-refractivity contribution in [2.75, 3.05) is 13.2 Å². The number of carbonyl (C=O) groups excluding carboxylic acids is 3. The lowest BCUT2D eigenvalue weighted by molar-refractivity contribution is -0.167. The minimum atomic E-state index is -0.796. The number of ether oxygens (including phenoxy) is 3. The molecule has 6 heteroatoms. The van der Waals surface area contributed by atoms with Crippen LogP contribution < -0.4 is 0 Å². The zero-order valence-electron chi connectivity index (χ0n) is 49.5. The van der Waals surface area contributed by atoms with E-state index in [1.54, 1.807) is 0 Å². The van der Waals surface area contributed by atoms with Crippen molar-refractivity contribution in [3.05, 3.63) is 122 Å². The van der Waals surface area contributed by atoms with Gasteiger partial charge in [0, 0.05) is 19.3 Å². The van der Waals surface area contributed by atoms with Crippen molar-refractivity contribution in [2.45, 2.75) is 290 Å². The number of allylic oxidation sites excluding steroid dienone is 20. The maximum atomic E-state index is 12.9. The Morgan fingerprint density at radius 2 is 0.539 bits per heavy atom. The predicted octanol–water partition coefficient (Wildman–Crippen LogP) is 21.6. The summed E-state index contributed by atoms with van der Waals surface area (Å²) in [6.07, 6.45) is 87.7. The second kappa shape index (κ2) is 63.3. The fourth-order valence-corrected chi connectivity index (χ4v) is 8.46. The quantitative estimate of drug-likeness (QED) is 0.0261. The van der Waals surface area contributed by atoms with Crippen LogP contribution in [0.3, 0.4) is 0 Å². The summed E-state index contributed by atoms with van der Waals surface area (Å²) in [7, 11) is 0. The summed E-state index contributed by atoms with van der Waals surface area (Å²) in [5.74, 6) is -0.919. The molecule has 1 unspecified atom stereocenters. The monoisotopic (exact) mass is 1050 g/mol. The standard InChI is InChI=1S/C70H116O6/c1-4-7-10-13-16-19-22-25-27-29-31-32-33-34-35-36-37-38-39-41-42-45-48-51-54-57-60-63-69(72)75-66-67(65-74-68(71)62-59-56-53-50-47-44-24-21-18-15-12-9-6-3)76-70(73)64-61-58-55-52-49-46-43-40-30-28-26-23-20-17-14-11-8-5-2/h7,10,12,15-16,19-21,23-25,27-28,30-32,34-35,37-38,67H,4-6,8-9,11,13-14,17-18,22,26,29,33,36,39-66H2,1-3H3/b10-7-,15-12-,19-16-,23-20-,24-21-,27-25-,30-28-,32-31-,35-34-,38-37-. The van der Waals surface area contributed by atoms with E-state index in [0.717, 1.165) is 148 Å². The molecule has 0 aromatic heterocycles. The van der Waals surface area contributed by atoms with Gasteiger partial charge in [-0.25, -0.2) is 0 Å². The van der Waals surface area contributed by atoms with E-state index in [-0.39, 0.29) is 31.1 Å². The Balaban J connectivity index is 4.36. The Bertz CT molecular complexity index is 1590. The topological polar surface area (TPSA) is 78.9 Å². The molecule has 0 amide bonds. The van der Waals surface area contributed by atoms with Crippen LogP contribution in [0.5, 0.6) is 0 Å². The van der Waals surface area contributed by atoms with Gasteiger partial charge in [-0.3, -0.25) is 14.4 Å². The Morgan fingerprint density at radius 3 is 0.855 bits per heavy atom. The molecule has 0 radical (unpaired) electrons. The lowest BCUT2D eigenvalue weighted by Gasteiger charge is -2.18. The minimum Gasteiger partial charge on any atom is -0.462 e. The van der Waals surface area contributed by atoms with Crippen LogP contribution in [-0.4, -0.2) is 37.2 Å². The first-order valence-corrected chi connectivity index (χ1v) is 31.5. The first kappa shape index (κ1) is 71.8. The third-order valence-corrected chi connectivity index (χ3v) is 13.2. The number of carbonyl (C=O) groups is 3. The highest BCUT2D eigenvalue weighted by molar-refractivity contribution is 5.71. The molecule has 432 valence electrons. The van der Waals surface area contributed by atoms with Crippen LogP contribution >= 0.6 is 0 Å². The van der Waals surface area contributed by atoms with E-state index in [0.29, 0.717) is 19.3 Å². The molecule has 0 heterocycles. The number of esters is 3. The Kier molecular flexibility index (Phi) is 59.9. The number of hydrogen-bond donors (Lipinski definition) is 0. The van der Waals surface area contributed by atoms with Crippen LogP contribution in [0.1, 0.15) is 284 Å². The van der Waals surface area contributed by atoms with Crippen LogP contribution in [0, 0.1) is 0 Å². The normalized spacial score (nSPS) is 12.9. The molecule has 0 saturated carbocycles. The second-order valence-electron chi connectivity index (χ2n) is 20.6. The van der Waals surface area contributed by atoms with Crippen molar-refractivity contribution in [3.8, 4) is 0 Å². The zero-order valence-corrected chi connectivity index (χ0v) is 49.5. The maximum Gasteiger partial charge on any atom is 0.306 e. The molecule has 0 aromatic carbocycles. The number of rotatable bonds is 56. The van der Waals surface area contributed by atoms with Gasteiger partial charge in [0.1, 0.15) is 13.2 Å². The third kappa shape index (κ3) is 60.7. The van der Waals surface area contributed by atoms with Gasteiger partial charge in [0.25, 0.3) is 0 Å². The third-order valence-electron chi connectivity index (χ3n) is 13.2. The van der Waals surface area contributed by atoms with Gasteiger partial charge in [0.2, 0.25) is 0 Å². The van der Waals surface area contributed by atoms with E-state index < -0.39 is 6.10 Å². The largest absolute Gasteiger partial charge is 0.462 e. The van der Waals surface area contributed by atoms with E-state index in [1.807, 2.05) is 0 Å². The highest BCUT2D eigenvalue weighted by Gasteiger charge is 2.19. The molecule has 1 atom stereocenters. The lowest BCUT2D eigenvalue weighted by atomic mass is 10.1. The van der Waals surface area contributed by atoms with Crippen molar-refractivity contribution < 1.29 is 28.6 Å². The van der Waals surface area contributed by atoms with Crippen molar-refractivity contribution in [3.63, 3.8) is 0 Å². The van der Waals surface area contributed by atoms with Crippen molar-refractivity contribution in [1.82, 2.24) is 0 Å². The van der Waals surface area contributed by atoms with Crippen molar-refractivity contribution in [2.24, 2.45) is 0 Å². The van der Waals surface area contributed by atoms with E-state index >= 15 is 0 Å². The predicted molar refractivity (Wildman–Crippen MR) is 330 cm³/mol. The summed E-state index contributed by atoms with van der Waals surface area (Å²) in [5, 5.41) is 0. The van der Waals surface area contributed by atoms with Gasteiger partial charge < -0.3 is 14.2 Å². The van der Waals surface area contributed by atoms with E-state index in [9.17, 15) is 14.4 Å². The highest BCUT2D eigenvalue weighted by Crippen LogP contribution is 2.15. The number of hydrogen-bond acceptors (Lipinski definition) is 6. The first-order valence-electron chi connectivity index (χ1n) is 31.5. The summed E-state index contributed by atoms with van der Waals surface area (Å²) >= 11 is 0. The molecule has 0 saturated heterocycles. The molecule has 0 aliphatic rings. The molecular formula is C70H116O6. The lowest BCUT2D eigenvalue weighted by Crippen LogP contribution is -2.30. The molecule has 0 aliphatic carbocycles. The van der Waals surface area contributed by atoms with Crippen LogP contribution in [0.4, 0.5) is 0 Å². The minimum absolute atomic E-state index is 0.0924. The smallest absolute Gasteiger partial charge is 0.306 e.